The SMILES string of the molecule is COc1cccc(C(=O)/C=C/c2ccc(OCCCCCC(=O)N[C@@H]3c4cc5c(cc4[C@@H](c4cc(OC)c(OC)c(OC)c4)[C@H]4C(=O)OC[C@@H]43)OCO5)cc2OC)c1. The standard InChI is InChI=1S/C45H47NO12/c1-50-29-11-9-10-27(18-29)34(47)16-14-26-13-15-30(21-35(26)51-2)55-17-8-6-7-12-40(48)46-43-32-23-37-36(57-25-58-37)22-31(32)41(42-33(43)24-56-45(42)49)28-19-38(52-3)44(54-5)39(20-28)53-4/h9-11,13-16,18-23,33,41-43H,6-8,12,17,24-25H2,1-5H3,(H,46,48)/b16-14+/t33-,41+,42-,43+/m0/s1. The molecule has 13 heteroatoms. The van der Waals surface area contributed by atoms with E-state index in [1.807, 2.05) is 36.4 Å². The number of esters is 1. The average molecular weight is 794 g/mol. The van der Waals surface area contributed by atoms with Crippen LogP contribution in [0.3, 0.4) is 0 Å². The van der Waals surface area contributed by atoms with Gasteiger partial charge in [-0.15, -0.1) is 0 Å². The molecule has 4 aromatic carbocycles. The maximum atomic E-state index is 13.6. The molecule has 3 aliphatic rings. The Morgan fingerprint density at radius 1 is 0.759 bits per heavy atom. The molecule has 1 aliphatic carbocycles. The molecule has 0 bridgehead atoms. The summed E-state index contributed by atoms with van der Waals surface area (Å²) in [5.74, 6) is 2.33. The second kappa shape index (κ2) is 17.8. The van der Waals surface area contributed by atoms with Crippen molar-refractivity contribution < 1.29 is 57.0 Å². The third-order valence-corrected chi connectivity index (χ3v) is 10.8. The smallest absolute Gasteiger partial charge is 0.310 e. The number of amides is 1. The lowest BCUT2D eigenvalue weighted by Crippen LogP contribution is -2.42. The summed E-state index contributed by atoms with van der Waals surface area (Å²) < 4.78 is 50.9. The van der Waals surface area contributed by atoms with Gasteiger partial charge in [-0.1, -0.05) is 12.1 Å². The van der Waals surface area contributed by atoms with E-state index < -0.39 is 17.9 Å². The van der Waals surface area contributed by atoms with Crippen LogP contribution in [-0.2, 0) is 14.3 Å². The van der Waals surface area contributed by atoms with Crippen molar-refractivity contribution in [1.29, 1.82) is 0 Å². The number of hydrogen-bond acceptors (Lipinski definition) is 12. The van der Waals surface area contributed by atoms with Crippen molar-refractivity contribution in [2.24, 2.45) is 11.8 Å². The predicted octanol–water partition coefficient (Wildman–Crippen LogP) is 7.09. The van der Waals surface area contributed by atoms with Crippen LogP contribution in [0.4, 0.5) is 0 Å². The number of methoxy groups -OCH3 is 5. The molecule has 58 heavy (non-hydrogen) atoms. The van der Waals surface area contributed by atoms with Crippen LogP contribution in [0.5, 0.6) is 46.0 Å². The summed E-state index contributed by atoms with van der Waals surface area (Å²) in [6, 6.07) is 19.5. The zero-order valence-corrected chi connectivity index (χ0v) is 33.2. The molecule has 1 amide bonds. The number of carbonyl (C=O) groups is 3. The number of rotatable bonds is 17. The van der Waals surface area contributed by atoms with Gasteiger partial charge in [0.05, 0.1) is 60.7 Å². The van der Waals surface area contributed by atoms with E-state index in [1.54, 1.807) is 64.8 Å². The van der Waals surface area contributed by atoms with E-state index in [0.717, 1.165) is 35.1 Å². The van der Waals surface area contributed by atoms with Crippen molar-refractivity contribution in [2.75, 3.05) is 55.6 Å². The molecule has 1 N–H and O–H groups in total. The Bertz CT molecular complexity index is 2170. The molecule has 0 saturated carbocycles. The molecule has 7 rings (SSSR count). The molecule has 0 unspecified atom stereocenters. The van der Waals surface area contributed by atoms with Crippen molar-refractivity contribution in [3.8, 4) is 46.0 Å². The molecule has 0 radical (unpaired) electrons. The summed E-state index contributed by atoms with van der Waals surface area (Å²) >= 11 is 0. The van der Waals surface area contributed by atoms with Gasteiger partial charge in [-0.2, -0.15) is 0 Å². The molecular weight excluding hydrogens is 746 g/mol. The highest BCUT2D eigenvalue weighted by atomic mass is 16.7. The lowest BCUT2D eigenvalue weighted by molar-refractivity contribution is -0.141. The minimum atomic E-state index is -0.594. The lowest BCUT2D eigenvalue weighted by Gasteiger charge is -2.39. The Labute approximate surface area is 337 Å². The Morgan fingerprint density at radius 2 is 1.50 bits per heavy atom. The number of benzene rings is 4. The molecule has 13 nitrogen and oxygen atoms in total. The van der Waals surface area contributed by atoms with Crippen LogP contribution in [0, 0.1) is 11.8 Å². The highest BCUT2D eigenvalue weighted by Crippen LogP contribution is 2.55. The van der Waals surface area contributed by atoms with Gasteiger partial charge in [0, 0.05) is 35.4 Å². The van der Waals surface area contributed by atoms with Crippen LogP contribution in [0.2, 0.25) is 0 Å². The van der Waals surface area contributed by atoms with Crippen LogP contribution in [0.1, 0.15) is 70.3 Å². The summed E-state index contributed by atoms with van der Waals surface area (Å²) in [5, 5.41) is 3.25. The highest BCUT2D eigenvalue weighted by molar-refractivity contribution is 6.07. The highest BCUT2D eigenvalue weighted by Gasteiger charge is 2.53. The van der Waals surface area contributed by atoms with Gasteiger partial charge < -0.3 is 47.9 Å². The number of carbonyl (C=O) groups excluding carboxylic acids is 3. The maximum absolute atomic E-state index is 13.6. The van der Waals surface area contributed by atoms with Crippen molar-refractivity contribution in [1.82, 2.24) is 5.32 Å². The lowest BCUT2D eigenvalue weighted by atomic mass is 9.65. The minimum Gasteiger partial charge on any atom is -0.497 e. The van der Waals surface area contributed by atoms with Crippen LogP contribution >= 0.6 is 0 Å². The van der Waals surface area contributed by atoms with Gasteiger partial charge >= 0.3 is 5.97 Å². The second-order valence-electron chi connectivity index (χ2n) is 14.1. The number of cyclic esters (lactones) is 1. The van der Waals surface area contributed by atoms with Crippen LogP contribution in [0.15, 0.2) is 72.8 Å². The normalized spacial score (nSPS) is 18.8. The number of ether oxygens (including phenoxy) is 9. The number of unbranched alkanes of at least 4 members (excludes halogenated alkanes) is 2. The molecular formula is C45H47NO12. The van der Waals surface area contributed by atoms with Crippen LogP contribution < -0.4 is 43.2 Å². The summed E-state index contributed by atoms with van der Waals surface area (Å²) in [6.45, 7) is 0.681. The Balaban J connectivity index is 0.977. The third-order valence-electron chi connectivity index (χ3n) is 10.8. The van der Waals surface area contributed by atoms with Gasteiger partial charge in [-0.25, -0.2) is 0 Å². The van der Waals surface area contributed by atoms with Crippen molar-refractivity contribution in [3.05, 3.63) is 101 Å². The molecule has 1 fully saturated rings. The fraction of sp³-hybridized carbons (Fsp3) is 0.356. The summed E-state index contributed by atoms with van der Waals surface area (Å²) in [5.41, 5.74) is 3.70. The summed E-state index contributed by atoms with van der Waals surface area (Å²) in [7, 11) is 7.76. The zero-order valence-electron chi connectivity index (χ0n) is 33.2. The van der Waals surface area contributed by atoms with E-state index in [-0.39, 0.29) is 37.0 Å². The van der Waals surface area contributed by atoms with E-state index in [4.69, 9.17) is 42.6 Å². The van der Waals surface area contributed by atoms with Gasteiger partial charge in [0.2, 0.25) is 18.4 Å². The number of nitrogens with one attached hydrogen (secondary N) is 1. The monoisotopic (exact) mass is 793 g/mol. The Hall–Kier alpha value is -6.37. The summed E-state index contributed by atoms with van der Waals surface area (Å²) in [6.07, 6.45) is 5.63. The molecule has 4 aromatic rings. The fourth-order valence-corrected chi connectivity index (χ4v) is 7.99. The Kier molecular flexibility index (Phi) is 12.3. The first-order valence-electron chi connectivity index (χ1n) is 19.1. The van der Waals surface area contributed by atoms with Gasteiger partial charge in [-0.3, -0.25) is 14.4 Å². The molecule has 0 aromatic heterocycles. The molecule has 1 saturated heterocycles. The number of allylic oxidation sites excluding steroid dienone is 1. The predicted molar refractivity (Wildman–Crippen MR) is 213 cm³/mol. The Morgan fingerprint density at radius 3 is 2.21 bits per heavy atom. The minimum absolute atomic E-state index is 0.0763. The van der Waals surface area contributed by atoms with Crippen LogP contribution in [-0.4, -0.2) is 73.2 Å². The second-order valence-corrected chi connectivity index (χ2v) is 14.1. The van der Waals surface area contributed by atoms with Crippen molar-refractivity contribution >= 4 is 23.7 Å². The zero-order chi connectivity index (χ0) is 40.8. The quantitative estimate of drug-likeness (QED) is 0.0504. The number of hydrogen-bond donors (Lipinski definition) is 1. The maximum Gasteiger partial charge on any atom is 0.310 e. The first-order chi connectivity index (χ1) is 28.3. The average Bonchev–Trinajstić information content (AvgIpc) is 3.88. The van der Waals surface area contributed by atoms with Gasteiger partial charge in [-0.05, 0) is 96.6 Å². The van der Waals surface area contributed by atoms with E-state index in [9.17, 15) is 14.4 Å². The topological polar surface area (TPSA) is 146 Å². The van der Waals surface area contributed by atoms with Gasteiger partial charge in [0.15, 0.2) is 28.8 Å². The molecule has 2 aliphatic heterocycles. The fourth-order valence-electron chi connectivity index (χ4n) is 7.99. The number of fused-ring (bicyclic) bond motifs is 3. The molecule has 4 atom stereocenters. The van der Waals surface area contributed by atoms with Crippen LogP contribution in [0.25, 0.3) is 6.08 Å². The van der Waals surface area contributed by atoms with E-state index in [2.05, 4.69) is 5.32 Å². The van der Waals surface area contributed by atoms with E-state index in [0.29, 0.717) is 71.0 Å². The van der Waals surface area contributed by atoms with E-state index in [1.165, 1.54) is 13.2 Å². The van der Waals surface area contributed by atoms with Gasteiger partial charge in [0.1, 0.15) is 17.2 Å². The largest absolute Gasteiger partial charge is 0.497 e. The molecule has 0 spiro atoms. The molecule has 304 valence electrons. The van der Waals surface area contributed by atoms with Gasteiger partial charge in [0.25, 0.3) is 0 Å². The first-order valence-corrected chi connectivity index (χ1v) is 19.1. The number of ketones is 1. The molecule has 2 heterocycles. The first kappa shape index (κ1) is 39.8. The van der Waals surface area contributed by atoms with Crippen molar-refractivity contribution in [3.63, 3.8) is 0 Å². The van der Waals surface area contributed by atoms with E-state index >= 15 is 0 Å². The third kappa shape index (κ3) is 8.20. The van der Waals surface area contributed by atoms with Crippen molar-refractivity contribution in [2.45, 2.75) is 37.6 Å². The summed E-state index contributed by atoms with van der Waals surface area (Å²) in [4.78, 5) is 39.8.